The van der Waals surface area contributed by atoms with Crippen LogP contribution in [0.15, 0.2) is 54.6 Å². The largest absolute Gasteiger partial charge is 0.465 e. The number of carbonyl (C=O) groups is 2. The lowest BCUT2D eigenvalue weighted by molar-refractivity contribution is -0.151. The third-order valence-electron chi connectivity index (χ3n) is 4.70. The smallest absolute Gasteiger partial charge is 0.317 e. The van der Waals surface area contributed by atoms with Gasteiger partial charge in [-0.25, -0.2) is 4.39 Å². The molecule has 2 atom stereocenters. The van der Waals surface area contributed by atoms with E-state index in [0.717, 1.165) is 16.7 Å². The number of aryl methyl sites for hydroxylation is 1. The Balaban J connectivity index is 2.02. The molecule has 0 aromatic heterocycles. The monoisotopic (exact) mass is 352 g/mol. The number of allylic oxidation sites excluding steroid dienone is 2. The molecule has 0 saturated heterocycles. The number of halogens is 1. The van der Waals surface area contributed by atoms with Crippen molar-refractivity contribution in [2.24, 2.45) is 5.92 Å². The van der Waals surface area contributed by atoms with Crippen molar-refractivity contribution in [3.8, 4) is 0 Å². The van der Waals surface area contributed by atoms with Crippen molar-refractivity contribution in [2.75, 3.05) is 6.61 Å². The minimum Gasteiger partial charge on any atom is -0.465 e. The minimum absolute atomic E-state index is 0.201. The summed E-state index contributed by atoms with van der Waals surface area (Å²) in [7, 11) is 0. The highest BCUT2D eigenvalue weighted by molar-refractivity contribution is 6.10. The van der Waals surface area contributed by atoms with E-state index in [1.807, 2.05) is 31.2 Å². The molecular formula is C22H21FO3. The molecule has 0 fully saturated rings. The van der Waals surface area contributed by atoms with E-state index >= 15 is 0 Å². The highest BCUT2D eigenvalue weighted by Gasteiger charge is 2.39. The zero-order valence-corrected chi connectivity index (χ0v) is 14.9. The summed E-state index contributed by atoms with van der Waals surface area (Å²) >= 11 is 0. The zero-order valence-electron chi connectivity index (χ0n) is 14.9. The second-order valence-corrected chi connectivity index (χ2v) is 6.53. The lowest BCUT2D eigenvalue weighted by Crippen LogP contribution is -2.34. The van der Waals surface area contributed by atoms with Crippen molar-refractivity contribution < 1.29 is 18.7 Å². The van der Waals surface area contributed by atoms with Gasteiger partial charge in [-0.05, 0) is 55.2 Å². The Morgan fingerprint density at radius 3 is 2.58 bits per heavy atom. The van der Waals surface area contributed by atoms with Crippen LogP contribution in [0.25, 0.3) is 5.57 Å². The summed E-state index contributed by atoms with van der Waals surface area (Å²) in [6, 6.07) is 14.0. The average Bonchev–Trinajstić information content (AvgIpc) is 2.61. The molecule has 26 heavy (non-hydrogen) atoms. The van der Waals surface area contributed by atoms with E-state index in [1.54, 1.807) is 19.1 Å². The Labute approximate surface area is 152 Å². The summed E-state index contributed by atoms with van der Waals surface area (Å²) in [5, 5.41) is 0. The van der Waals surface area contributed by atoms with Gasteiger partial charge in [0, 0.05) is 5.92 Å². The molecule has 0 aliphatic heterocycles. The van der Waals surface area contributed by atoms with Crippen LogP contribution in [-0.2, 0) is 14.3 Å². The first-order valence-electron chi connectivity index (χ1n) is 8.73. The zero-order chi connectivity index (χ0) is 18.7. The quantitative estimate of drug-likeness (QED) is 0.603. The summed E-state index contributed by atoms with van der Waals surface area (Å²) in [6.07, 6.45) is 2.00. The third-order valence-corrected chi connectivity index (χ3v) is 4.70. The SMILES string of the molecule is CCOC(=O)[C@@H]1C(=O)C=C(c2ccc(C)cc2)C[C@H]1c1cccc(F)c1. The van der Waals surface area contributed by atoms with E-state index in [0.29, 0.717) is 12.0 Å². The number of carbonyl (C=O) groups excluding carboxylic acids is 2. The van der Waals surface area contributed by atoms with Crippen molar-refractivity contribution >= 4 is 17.3 Å². The van der Waals surface area contributed by atoms with Crippen LogP contribution in [0, 0.1) is 18.7 Å². The first kappa shape index (κ1) is 18.1. The number of hydrogen-bond donors (Lipinski definition) is 0. The topological polar surface area (TPSA) is 43.4 Å². The lowest BCUT2D eigenvalue weighted by atomic mass is 9.73. The van der Waals surface area contributed by atoms with Crippen LogP contribution in [0.4, 0.5) is 4.39 Å². The molecule has 1 aliphatic carbocycles. The van der Waals surface area contributed by atoms with Crippen LogP contribution in [0.1, 0.15) is 36.0 Å². The predicted octanol–water partition coefficient (Wildman–Crippen LogP) is 4.45. The van der Waals surface area contributed by atoms with Gasteiger partial charge in [0.1, 0.15) is 11.7 Å². The van der Waals surface area contributed by atoms with Crippen LogP contribution in [0.5, 0.6) is 0 Å². The maximum Gasteiger partial charge on any atom is 0.317 e. The lowest BCUT2D eigenvalue weighted by Gasteiger charge is -2.29. The van der Waals surface area contributed by atoms with E-state index < -0.39 is 17.8 Å². The first-order chi connectivity index (χ1) is 12.5. The highest BCUT2D eigenvalue weighted by atomic mass is 19.1. The molecule has 4 heteroatoms. The number of esters is 1. The van der Waals surface area contributed by atoms with Crippen molar-refractivity contribution in [2.45, 2.75) is 26.2 Å². The molecule has 3 rings (SSSR count). The molecule has 134 valence electrons. The van der Waals surface area contributed by atoms with Crippen molar-refractivity contribution in [1.29, 1.82) is 0 Å². The Hall–Kier alpha value is -2.75. The Kier molecular flexibility index (Phi) is 5.31. The highest BCUT2D eigenvalue weighted by Crippen LogP contribution is 2.40. The molecule has 0 bridgehead atoms. The fourth-order valence-corrected chi connectivity index (χ4v) is 3.40. The molecule has 0 spiro atoms. The van der Waals surface area contributed by atoms with Crippen molar-refractivity contribution in [3.05, 3.63) is 77.1 Å². The molecule has 2 aromatic rings. The van der Waals surface area contributed by atoms with E-state index in [9.17, 15) is 14.0 Å². The summed E-state index contributed by atoms with van der Waals surface area (Å²) < 4.78 is 18.9. The number of ketones is 1. The molecule has 0 radical (unpaired) electrons. The maximum atomic E-state index is 13.7. The van der Waals surface area contributed by atoms with Gasteiger partial charge in [0.15, 0.2) is 5.78 Å². The summed E-state index contributed by atoms with van der Waals surface area (Å²) in [6.45, 7) is 3.90. The van der Waals surface area contributed by atoms with E-state index in [2.05, 4.69) is 0 Å². The Morgan fingerprint density at radius 2 is 1.92 bits per heavy atom. The second-order valence-electron chi connectivity index (χ2n) is 6.53. The van der Waals surface area contributed by atoms with Gasteiger partial charge in [-0.15, -0.1) is 0 Å². The van der Waals surface area contributed by atoms with Gasteiger partial charge in [-0.2, -0.15) is 0 Å². The van der Waals surface area contributed by atoms with Gasteiger partial charge < -0.3 is 4.74 Å². The van der Waals surface area contributed by atoms with Crippen LogP contribution < -0.4 is 0 Å². The fraction of sp³-hybridized carbons (Fsp3) is 0.273. The second kappa shape index (κ2) is 7.65. The molecule has 0 N–H and O–H groups in total. The van der Waals surface area contributed by atoms with Gasteiger partial charge in [0.05, 0.1) is 6.61 Å². The van der Waals surface area contributed by atoms with Gasteiger partial charge in [0.2, 0.25) is 0 Å². The molecule has 1 aliphatic rings. The maximum absolute atomic E-state index is 13.7. The van der Waals surface area contributed by atoms with Gasteiger partial charge in [-0.3, -0.25) is 9.59 Å². The predicted molar refractivity (Wildman–Crippen MR) is 98.0 cm³/mol. The van der Waals surface area contributed by atoms with Crippen LogP contribution in [0.3, 0.4) is 0 Å². The molecule has 0 amide bonds. The number of hydrogen-bond acceptors (Lipinski definition) is 3. The third kappa shape index (κ3) is 3.74. The molecule has 0 saturated carbocycles. The van der Waals surface area contributed by atoms with Crippen LogP contribution in [0.2, 0.25) is 0 Å². The Morgan fingerprint density at radius 1 is 1.19 bits per heavy atom. The molecular weight excluding hydrogens is 331 g/mol. The van der Waals surface area contributed by atoms with Gasteiger partial charge in [0.25, 0.3) is 0 Å². The number of rotatable bonds is 4. The average molecular weight is 352 g/mol. The van der Waals surface area contributed by atoms with E-state index in [1.165, 1.54) is 18.2 Å². The minimum atomic E-state index is -0.939. The molecule has 2 aromatic carbocycles. The number of ether oxygens (including phenoxy) is 1. The number of benzene rings is 2. The Bertz CT molecular complexity index is 852. The van der Waals surface area contributed by atoms with Gasteiger partial charge in [-0.1, -0.05) is 42.0 Å². The van der Waals surface area contributed by atoms with E-state index in [4.69, 9.17) is 4.74 Å². The summed E-state index contributed by atoms with van der Waals surface area (Å²) in [5.74, 6) is -2.61. The van der Waals surface area contributed by atoms with Crippen molar-refractivity contribution in [3.63, 3.8) is 0 Å². The normalized spacial score (nSPS) is 19.8. The van der Waals surface area contributed by atoms with Crippen LogP contribution in [-0.4, -0.2) is 18.4 Å². The van der Waals surface area contributed by atoms with E-state index in [-0.39, 0.29) is 18.2 Å². The summed E-state index contributed by atoms with van der Waals surface area (Å²) in [4.78, 5) is 25.2. The summed E-state index contributed by atoms with van der Waals surface area (Å²) in [5.41, 5.74) is 3.55. The standard InChI is InChI=1S/C22H21FO3/c1-3-26-22(25)21-19(16-5-4-6-18(23)11-16)12-17(13-20(21)24)15-9-7-14(2)8-10-15/h4-11,13,19,21H,3,12H2,1-2H3/t19-,21-/m0/s1. The molecule has 0 unspecified atom stereocenters. The van der Waals surface area contributed by atoms with Crippen LogP contribution >= 0.6 is 0 Å². The molecule has 0 heterocycles. The first-order valence-corrected chi connectivity index (χ1v) is 8.73. The molecule has 3 nitrogen and oxygen atoms in total. The van der Waals surface area contributed by atoms with Crippen molar-refractivity contribution in [1.82, 2.24) is 0 Å². The fourth-order valence-electron chi connectivity index (χ4n) is 3.40. The van der Waals surface area contributed by atoms with Gasteiger partial charge >= 0.3 is 5.97 Å².